The molecule has 0 saturated carbocycles. The molecular formula is C18H27NO4. The summed E-state index contributed by atoms with van der Waals surface area (Å²) in [6.07, 6.45) is -0.595. The second kappa shape index (κ2) is 7.32. The lowest BCUT2D eigenvalue weighted by Crippen LogP contribution is -2.45. The molecule has 5 heteroatoms. The van der Waals surface area contributed by atoms with E-state index in [9.17, 15) is 9.90 Å². The van der Waals surface area contributed by atoms with Gasteiger partial charge in [-0.05, 0) is 26.3 Å². The predicted octanol–water partition coefficient (Wildman–Crippen LogP) is 2.82. The number of ether oxygens (including phenoxy) is 2. The Morgan fingerprint density at radius 3 is 2.52 bits per heavy atom. The minimum atomic E-state index is -0.552. The van der Waals surface area contributed by atoms with Crippen molar-refractivity contribution in [2.45, 2.75) is 52.0 Å². The summed E-state index contributed by atoms with van der Waals surface area (Å²) in [6.45, 7) is 8.39. The first-order valence-corrected chi connectivity index (χ1v) is 8.08. The van der Waals surface area contributed by atoms with Gasteiger partial charge in [0.25, 0.3) is 0 Å². The van der Waals surface area contributed by atoms with Crippen LogP contribution in [0.3, 0.4) is 0 Å². The summed E-state index contributed by atoms with van der Waals surface area (Å²) in [7, 11) is 0. The highest BCUT2D eigenvalue weighted by molar-refractivity contribution is 5.69. The molecule has 1 heterocycles. The molecule has 1 aliphatic heterocycles. The van der Waals surface area contributed by atoms with Crippen molar-refractivity contribution in [3.63, 3.8) is 0 Å². The number of hydrogen-bond donors (Lipinski definition) is 1. The Morgan fingerprint density at radius 1 is 1.30 bits per heavy atom. The van der Waals surface area contributed by atoms with Crippen molar-refractivity contribution in [2.75, 3.05) is 13.2 Å². The molecule has 0 bridgehead atoms. The lowest BCUT2D eigenvalue weighted by Gasteiger charge is -2.29. The van der Waals surface area contributed by atoms with Crippen molar-refractivity contribution in [3.8, 4) is 0 Å². The lowest BCUT2D eigenvalue weighted by atomic mass is 10.0. The number of aliphatic hydroxyl groups is 1. The molecule has 1 saturated heterocycles. The number of hydrogen-bond acceptors (Lipinski definition) is 4. The Balaban J connectivity index is 2.01. The van der Waals surface area contributed by atoms with Crippen LogP contribution in [0, 0.1) is 5.92 Å². The van der Waals surface area contributed by atoms with Crippen molar-refractivity contribution in [1.29, 1.82) is 0 Å². The zero-order chi connectivity index (χ0) is 17.0. The molecular weight excluding hydrogens is 294 g/mol. The number of carbonyl (C=O) groups excluding carboxylic acids is 1. The second-order valence-electron chi connectivity index (χ2n) is 7.12. The van der Waals surface area contributed by atoms with Crippen molar-refractivity contribution in [3.05, 3.63) is 35.9 Å². The van der Waals surface area contributed by atoms with Gasteiger partial charge < -0.3 is 14.6 Å². The molecule has 1 amide bonds. The lowest BCUT2D eigenvalue weighted by molar-refractivity contribution is -0.0252. The standard InChI is InChI=1S/C18H27NO4/c1-13-10-19(17(21)23-18(2,3)4)15(11-20)16(13)22-12-14-8-6-5-7-9-14/h5-9,13,15-16,20H,10-12H2,1-4H3/t13-,15+,16-/m0/s1. The van der Waals surface area contributed by atoms with Crippen LogP contribution in [0.5, 0.6) is 0 Å². The molecule has 2 rings (SSSR count). The van der Waals surface area contributed by atoms with Gasteiger partial charge >= 0.3 is 6.09 Å². The highest BCUT2D eigenvalue weighted by atomic mass is 16.6. The molecule has 1 N–H and O–H groups in total. The molecule has 1 aromatic rings. The van der Waals surface area contributed by atoms with Gasteiger partial charge in [0.15, 0.2) is 0 Å². The molecule has 0 spiro atoms. The second-order valence-corrected chi connectivity index (χ2v) is 7.12. The topological polar surface area (TPSA) is 59.0 Å². The highest BCUT2D eigenvalue weighted by Crippen LogP contribution is 2.28. The van der Waals surface area contributed by atoms with Crippen molar-refractivity contribution in [2.24, 2.45) is 5.92 Å². The van der Waals surface area contributed by atoms with E-state index in [1.165, 1.54) is 0 Å². The van der Waals surface area contributed by atoms with Crippen molar-refractivity contribution >= 4 is 6.09 Å². The molecule has 0 radical (unpaired) electrons. The Hall–Kier alpha value is -1.59. The minimum Gasteiger partial charge on any atom is -0.444 e. The number of carbonyl (C=O) groups is 1. The summed E-state index contributed by atoms with van der Waals surface area (Å²) in [4.78, 5) is 13.9. The normalized spacial score (nSPS) is 24.7. The first kappa shape index (κ1) is 17.8. The van der Waals surface area contributed by atoms with Gasteiger partial charge in [0.05, 0.1) is 25.4 Å². The van der Waals surface area contributed by atoms with E-state index in [0.29, 0.717) is 13.2 Å². The average molecular weight is 321 g/mol. The van der Waals surface area contributed by atoms with Crippen LogP contribution in [0.1, 0.15) is 33.3 Å². The van der Waals surface area contributed by atoms with Gasteiger partial charge in [-0.2, -0.15) is 0 Å². The van der Waals surface area contributed by atoms with E-state index in [0.717, 1.165) is 5.56 Å². The number of aliphatic hydroxyl groups excluding tert-OH is 1. The maximum atomic E-state index is 12.3. The Kier molecular flexibility index (Phi) is 5.65. The first-order chi connectivity index (χ1) is 10.8. The van der Waals surface area contributed by atoms with E-state index in [1.807, 2.05) is 58.0 Å². The quantitative estimate of drug-likeness (QED) is 0.926. The average Bonchev–Trinajstić information content (AvgIpc) is 2.80. The van der Waals surface area contributed by atoms with Crippen LogP contribution >= 0.6 is 0 Å². The number of benzene rings is 1. The Morgan fingerprint density at radius 2 is 1.96 bits per heavy atom. The number of nitrogens with zero attached hydrogens (tertiary/aromatic N) is 1. The van der Waals surface area contributed by atoms with Gasteiger partial charge in [-0.25, -0.2) is 4.79 Å². The van der Waals surface area contributed by atoms with Crippen molar-refractivity contribution in [1.82, 2.24) is 4.90 Å². The maximum absolute atomic E-state index is 12.3. The third-order valence-corrected chi connectivity index (χ3v) is 3.93. The molecule has 0 aliphatic carbocycles. The van der Waals surface area contributed by atoms with Crippen LogP contribution in [0.15, 0.2) is 30.3 Å². The summed E-state index contributed by atoms with van der Waals surface area (Å²) >= 11 is 0. The highest BCUT2D eigenvalue weighted by Gasteiger charge is 2.43. The Bertz CT molecular complexity index is 512. The van der Waals surface area contributed by atoms with Gasteiger partial charge in [-0.15, -0.1) is 0 Å². The zero-order valence-corrected chi connectivity index (χ0v) is 14.4. The van der Waals surface area contributed by atoms with E-state index in [2.05, 4.69) is 0 Å². The van der Waals surface area contributed by atoms with E-state index in [1.54, 1.807) is 4.90 Å². The summed E-state index contributed by atoms with van der Waals surface area (Å²) in [5.74, 6) is 0.142. The molecule has 1 aliphatic rings. The van der Waals surface area contributed by atoms with Gasteiger partial charge in [-0.1, -0.05) is 37.3 Å². The fraction of sp³-hybridized carbons (Fsp3) is 0.611. The molecule has 1 fully saturated rings. The summed E-state index contributed by atoms with van der Waals surface area (Å²) in [6, 6.07) is 9.52. The molecule has 0 unspecified atom stereocenters. The minimum absolute atomic E-state index is 0.136. The van der Waals surface area contributed by atoms with Gasteiger partial charge in [0.2, 0.25) is 0 Å². The molecule has 128 valence electrons. The van der Waals surface area contributed by atoms with E-state index in [-0.39, 0.29) is 24.7 Å². The Labute approximate surface area is 138 Å². The maximum Gasteiger partial charge on any atom is 0.410 e. The monoisotopic (exact) mass is 321 g/mol. The van der Waals surface area contributed by atoms with Crippen LogP contribution in [0.2, 0.25) is 0 Å². The van der Waals surface area contributed by atoms with E-state index >= 15 is 0 Å². The number of amides is 1. The van der Waals surface area contributed by atoms with Gasteiger partial charge in [-0.3, -0.25) is 4.90 Å². The smallest absolute Gasteiger partial charge is 0.410 e. The van der Waals surface area contributed by atoms with E-state index in [4.69, 9.17) is 9.47 Å². The largest absolute Gasteiger partial charge is 0.444 e. The molecule has 0 aromatic heterocycles. The van der Waals surface area contributed by atoms with Gasteiger partial charge in [0, 0.05) is 12.5 Å². The molecule has 23 heavy (non-hydrogen) atoms. The molecule has 3 atom stereocenters. The SMILES string of the molecule is C[C@H]1CN(C(=O)OC(C)(C)C)[C@H](CO)[C@H]1OCc1ccccc1. The van der Waals surface area contributed by atoms with Crippen LogP contribution in [0.25, 0.3) is 0 Å². The van der Waals surface area contributed by atoms with E-state index < -0.39 is 11.7 Å². The van der Waals surface area contributed by atoms with Crippen molar-refractivity contribution < 1.29 is 19.4 Å². The molecule has 1 aromatic carbocycles. The molecule has 5 nitrogen and oxygen atoms in total. The fourth-order valence-corrected chi connectivity index (χ4v) is 2.88. The number of rotatable bonds is 4. The third kappa shape index (κ3) is 4.69. The van der Waals surface area contributed by atoms with Crippen LogP contribution in [-0.2, 0) is 16.1 Å². The van der Waals surface area contributed by atoms with Gasteiger partial charge in [0.1, 0.15) is 5.60 Å². The summed E-state index contributed by atoms with van der Waals surface area (Å²) in [5.41, 5.74) is 0.524. The summed E-state index contributed by atoms with van der Waals surface area (Å²) < 4.78 is 11.4. The third-order valence-electron chi connectivity index (χ3n) is 3.93. The first-order valence-electron chi connectivity index (χ1n) is 8.08. The zero-order valence-electron chi connectivity index (χ0n) is 14.4. The predicted molar refractivity (Wildman–Crippen MR) is 88.0 cm³/mol. The van der Waals surface area contributed by atoms with Crippen LogP contribution < -0.4 is 0 Å². The number of likely N-dealkylation sites (tertiary alicyclic amines) is 1. The summed E-state index contributed by atoms with van der Waals surface area (Å²) in [5, 5.41) is 9.74. The fourth-order valence-electron chi connectivity index (χ4n) is 2.88. The van der Waals surface area contributed by atoms with Crippen LogP contribution in [-0.4, -0.2) is 47.0 Å². The van der Waals surface area contributed by atoms with Crippen LogP contribution in [0.4, 0.5) is 4.79 Å².